The van der Waals surface area contributed by atoms with Gasteiger partial charge in [0, 0.05) is 5.41 Å². The Bertz CT molecular complexity index is 2310. The first-order valence-corrected chi connectivity index (χ1v) is 31.5. The molecule has 34 atom stereocenters. The summed E-state index contributed by atoms with van der Waals surface area (Å²) in [6.45, 7) is 13.5. The maximum atomic E-state index is 11.8. The van der Waals surface area contributed by atoms with Crippen LogP contribution >= 0.6 is 0 Å². The lowest BCUT2D eigenvalue weighted by Gasteiger charge is -2.66. The van der Waals surface area contributed by atoms with Gasteiger partial charge in [0.1, 0.15) is 122 Å². The first-order chi connectivity index (χ1) is 41.2. The molecular formula is C60H102O28. The summed E-state index contributed by atoms with van der Waals surface area (Å²) in [6.07, 6.45) is -33.6. The Morgan fingerprint density at radius 1 is 0.500 bits per heavy atom. The molecule has 0 spiro atoms. The van der Waals surface area contributed by atoms with Gasteiger partial charge in [0.05, 0.1) is 50.8 Å². The van der Waals surface area contributed by atoms with E-state index >= 15 is 0 Å². The normalized spacial score (nSPS) is 51.4. The van der Waals surface area contributed by atoms with E-state index in [2.05, 4.69) is 47.6 Å². The minimum absolute atomic E-state index is 0.0854. The minimum Gasteiger partial charge on any atom is -0.394 e. The fourth-order valence-electron chi connectivity index (χ4n) is 17.0. The molecule has 0 aromatic rings. The average molecular weight is 1270 g/mol. The van der Waals surface area contributed by atoms with Gasteiger partial charge < -0.3 is 139 Å². The van der Waals surface area contributed by atoms with E-state index in [0.29, 0.717) is 18.8 Å². The summed E-state index contributed by atoms with van der Waals surface area (Å²) < 4.78 is 59.5. The van der Waals surface area contributed by atoms with Crippen LogP contribution in [0, 0.1) is 45.3 Å². The predicted molar refractivity (Wildman–Crippen MR) is 299 cm³/mol. The van der Waals surface area contributed by atoms with Crippen molar-refractivity contribution in [3.05, 3.63) is 11.6 Å². The molecule has 5 aliphatic heterocycles. The second kappa shape index (κ2) is 27.4. The summed E-state index contributed by atoms with van der Waals surface area (Å²) in [4.78, 5) is 0. The molecule has 0 amide bonds. The Kier molecular flexibility index (Phi) is 22.1. The molecule has 28 unspecified atom stereocenters. The van der Waals surface area contributed by atoms with Crippen molar-refractivity contribution in [2.45, 2.75) is 285 Å². The van der Waals surface area contributed by atoms with Gasteiger partial charge in [0.2, 0.25) is 0 Å². The summed E-state index contributed by atoms with van der Waals surface area (Å²) in [6, 6.07) is 0. The second-order valence-electron chi connectivity index (χ2n) is 28.6. The van der Waals surface area contributed by atoms with Crippen LogP contribution < -0.4 is 0 Å². The highest BCUT2D eigenvalue weighted by Crippen LogP contribution is 2.75. The monoisotopic (exact) mass is 1270 g/mol. The summed E-state index contributed by atoms with van der Waals surface area (Å²) in [5, 5.41) is 192. The second-order valence-corrected chi connectivity index (χ2v) is 28.6. The van der Waals surface area contributed by atoms with Gasteiger partial charge in [-0.2, -0.15) is 0 Å². The molecule has 9 rings (SSSR count). The number of rotatable bonds is 20. The molecule has 0 bridgehead atoms. The number of ether oxygens (including phenoxy) is 10. The molecule has 28 heteroatoms. The molecule has 0 aromatic carbocycles. The van der Waals surface area contributed by atoms with Crippen LogP contribution in [0.5, 0.6) is 0 Å². The zero-order valence-electron chi connectivity index (χ0n) is 51.5. The molecule has 88 heavy (non-hydrogen) atoms. The fraction of sp³-hybridized carbons (Fsp3) is 0.967. The van der Waals surface area contributed by atoms with Crippen molar-refractivity contribution in [2.24, 2.45) is 45.3 Å². The molecule has 8 fully saturated rings. The zero-order chi connectivity index (χ0) is 64.7. The Morgan fingerprint density at radius 2 is 0.943 bits per heavy atom. The number of aliphatic hydroxyl groups excluding tert-OH is 17. The third kappa shape index (κ3) is 13.0. The Morgan fingerprint density at radius 3 is 1.44 bits per heavy atom. The van der Waals surface area contributed by atoms with Crippen LogP contribution in [-0.4, -0.2) is 296 Å². The van der Waals surface area contributed by atoms with Crippen molar-refractivity contribution >= 4 is 0 Å². The lowest BCUT2D eigenvalue weighted by molar-refractivity contribution is -0.380. The number of allylic oxidation sites excluding steroid dienone is 1. The third-order valence-electron chi connectivity index (χ3n) is 22.8. The lowest BCUT2D eigenvalue weighted by atomic mass is 9.39. The van der Waals surface area contributed by atoms with Crippen LogP contribution in [0.25, 0.3) is 0 Å². The molecule has 5 heterocycles. The van der Waals surface area contributed by atoms with E-state index in [9.17, 15) is 91.9 Å². The molecule has 9 aliphatic rings. The van der Waals surface area contributed by atoms with E-state index in [1.165, 1.54) is 5.57 Å². The third-order valence-corrected chi connectivity index (χ3v) is 22.8. The van der Waals surface area contributed by atoms with Crippen molar-refractivity contribution in [3.8, 4) is 0 Å². The van der Waals surface area contributed by atoms with Gasteiger partial charge >= 0.3 is 0 Å². The van der Waals surface area contributed by atoms with Crippen molar-refractivity contribution < 1.29 is 139 Å². The van der Waals surface area contributed by atoms with Gasteiger partial charge in [0.25, 0.3) is 0 Å². The molecule has 0 aromatic heterocycles. The largest absolute Gasteiger partial charge is 0.394 e. The van der Waals surface area contributed by atoms with E-state index in [1.54, 1.807) is 13.8 Å². The van der Waals surface area contributed by atoms with E-state index in [0.717, 1.165) is 38.5 Å². The van der Waals surface area contributed by atoms with Crippen LogP contribution in [-0.2, 0) is 47.4 Å². The maximum Gasteiger partial charge on any atom is 0.187 e. The van der Waals surface area contributed by atoms with Crippen molar-refractivity contribution in [3.63, 3.8) is 0 Å². The van der Waals surface area contributed by atoms with E-state index in [4.69, 9.17) is 47.4 Å². The van der Waals surface area contributed by atoms with Gasteiger partial charge in [0.15, 0.2) is 31.5 Å². The molecule has 5 saturated heterocycles. The minimum atomic E-state index is -1.93. The SMILES string of the molecule is C[C@H](CCC(OC1OC(COC2OC(CO)C(O)C(O)C2O)C(O)C(O)C1OC1OC(CO)C(O)C(O)C1O)C(C)(C)O)[C@H]1CC[C@@]2(C)C3CC=C4C(CC[C@H](OC5OC(COC6OC(CO)C(O)C(O)C6O)C(O)C(O)C5O)C4(C)C)[C@]3(C)CC[C@]12C. The van der Waals surface area contributed by atoms with Crippen molar-refractivity contribution in [1.82, 2.24) is 0 Å². The average Bonchev–Trinajstić information content (AvgIpc) is 1.42. The van der Waals surface area contributed by atoms with Gasteiger partial charge in [-0.15, -0.1) is 0 Å². The van der Waals surface area contributed by atoms with Gasteiger partial charge in [-0.3, -0.25) is 0 Å². The molecular weight excluding hydrogens is 1170 g/mol. The highest BCUT2D eigenvalue weighted by molar-refractivity contribution is 5.30. The molecule has 4 aliphatic carbocycles. The first kappa shape index (κ1) is 70.9. The van der Waals surface area contributed by atoms with Crippen LogP contribution in [0.3, 0.4) is 0 Å². The Balaban J connectivity index is 0.871. The van der Waals surface area contributed by atoms with Crippen LogP contribution in [0.4, 0.5) is 0 Å². The van der Waals surface area contributed by atoms with Crippen LogP contribution in [0.2, 0.25) is 0 Å². The molecule has 510 valence electrons. The van der Waals surface area contributed by atoms with Crippen LogP contribution in [0.1, 0.15) is 113 Å². The Labute approximate surface area is 512 Å². The Hall–Kier alpha value is -1.38. The topological polar surface area (TPSA) is 456 Å². The van der Waals surface area contributed by atoms with Gasteiger partial charge in [-0.1, -0.05) is 53.2 Å². The number of aliphatic hydroxyl groups is 18. The fourth-order valence-corrected chi connectivity index (χ4v) is 17.0. The molecule has 18 N–H and O–H groups in total. The number of hydrogen-bond acceptors (Lipinski definition) is 28. The molecule has 28 nitrogen and oxygen atoms in total. The van der Waals surface area contributed by atoms with Gasteiger partial charge in [-0.05, 0) is 112 Å². The molecule has 3 saturated carbocycles. The quantitative estimate of drug-likeness (QED) is 0.0512. The first-order valence-electron chi connectivity index (χ1n) is 31.5. The summed E-state index contributed by atoms with van der Waals surface area (Å²) in [5.41, 5.74) is -1.21. The van der Waals surface area contributed by atoms with E-state index in [1.807, 2.05) is 0 Å². The van der Waals surface area contributed by atoms with Gasteiger partial charge in [-0.25, -0.2) is 0 Å². The number of fused-ring (bicyclic) bond motifs is 5. The summed E-state index contributed by atoms with van der Waals surface area (Å²) >= 11 is 0. The summed E-state index contributed by atoms with van der Waals surface area (Å²) in [5.74, 6) is 0.828. The van der Waals surface area contributed by atoms with Crippen LogP contribution in [0.15, 0.2) is 11.6 Å². The highest BCUT2D eigenvalue weighted by atomic mass is 16.8. The lowest BCUT2D eigenvalue weighted by Crippen LogP contribution is -2.65. The smallest absolute Gasteiger partial charge is 0.187 e. The number of hydrogen-bond donors (Lipinski definition) is 18. The standard InChI is InChI=1S/C60H102O28/c1-24(9-13-35(57(4,5)78)87-55-50(88-54-49(77)43(71)38(66)30(21-63)83-54)45(73)40(68)32(85-55)23-80-52-47(75)42(70)37(65)29(20-62)82-52)25-15-16-60(8)33-12-10-26-27(58(33,6)17-18-59(25,60)7)11-14-34(56(26,2)3)86-53-48(76)44(72)39(67)31(84-53)22-79-51-46(74)41(69)36(64)28(19-61)81-51/h10,24-25,27-55,61-78H,9,11-23H2,1-8H3/t24-,25-,27?,28?,29?,30?,31?,32?,33?,34+,35?,36?,37?,38?,39?,40?,41?,42?,43?,44?,45?,46?,47?,48?,49?,50?,51?,52?,53?,54?,55?,58+,59-,60+/m1/s1. The van der Waals surface area contributed by atoms with E-state index < -0.39 is 210 Å². The van der Waals surface area contributed by atoms with Crippen molar-refractivity contribution in [2.75, 3.05) is 33.0 Å². The van der Waals surface area contributed by atoms with Crippen molar-refractivity contribution in [1.29, 1.82) is 0 Å². The zero-order valence-corrected chi connectivity index (χ0v) is 51.5. The molecule has 0 radical (unpaired) electrons. The highest BCUT2D eigenvalue weighted by Gasteiger charge is 2.68. The summed E-state index contributed by atoms with van der Waals surface area (Å²) in [7, 11) is 0. The predicted octanol–water partition coefficient (Wildman–Crippen LogP) is -4.38. The maximum absolute atomic E-state index is 11.8. The van der Waals surface area contributed by atoms with E-state index in [-0.39, 0.29) is 40.4 Å².